The molecule has 3 aliphatic rings. The summed E-state index contributed by atoms with van der Waals surface area (Å²) < 4.78 is 19.3. The lowest BCUT2D eigenvalue weighted by molar-refractivity contribution is -0.143. The second-order valence-electron chi connectivity index (χ2n) is 18.0. The van der Waals surface area contributed by atoms with Gasteiger partial charge in [-0.1, -0.05) is 79.7 Å². The summed E-state index contributed by atoms with van der Waals surface area (Å²) in [6.45, 7) is 35.5. The molecule has 0 radical (unpaired) electrons. The Morgan fingerprint density at radius 3 is 2.24 bits per heavy atom. The Balaban J connectivity index is 1.84. The van der Waals surface area contributed by atoms with Gasteiger partial charge in [-0.05, 0) is 129 Å². The monoisotopic (exact) mass is 658 g/mol. The number of hydrogen-bond acceptors (Lipinski definition) is 4. The van der Waals surface area contributed by atoms with Crippen molar-refractivity contribution in [3.8, 4) is 0 Å². The number of esters is 1. The van der Waals surface area contributed by atoms with Crippen molar-refractivity contribution >= 4 is 22.6 Å². The fraction of sp³-hybridized carbons (Fsp3) is 0.821. The minimum atomic E-state index is -1.98. The zero-order valence-electron chi connectivity index (χ0n) is 31.7. The summed E-state index contributed by atoms with van der Waals surface area (Å²) in [6.07, 6.45) is 15.9. The third-order valence-electron chi connectivity index (χ3n) is 12.8. The van der Waals surface area contributed by atoms with Crippen LogP contribution in [0.2, 0.25) is 36.3 Å². The second kappa shape index (κ2) is 14.7. The zero-order valence-corrected chi connectivity index (χ0v) is 33.7. The van der Waals surface area contributed by atoms with Gasteiger partial charge < -0.3 is 13.6 Å². The summed E-state index contributed by atoms with van der Waals surface area (Å²) in [5, 5.41) is 0.318. The van der Waals surface area contributed by atoms with Crippen LogP contribution in [0.1, 0.15) is 127 Å². The van der Waals surface area contributed by atoms with Gasteiger partial charge in [0.05, 0.1) is 18.8 Å². The number of fused-ring (bicyclic) bond motifs is 1. The summed E-state index contributed by atoms with van der Waals surface area (Å²) in [5.74, 6) is 1.95. The quantitative estimate of drug-likeness (QED) is 0.164. The molecular formula is C39H70O4Si2. The van der Waals surface area contributed by atoms with Crippen molar-refractivity contribution in [2.75, 3.05) is 6.61 Å². The molecule has 0 bridgehead atoms. The molecule has 258 valence electrons. The normalized spacial score (nSPS) is 30.9. The van der Waals surface area contributed by atoms with E-state index in [0.717, 1.165) is 31.6 Å². The molecule has 4 nitrogen and oxygen atoms in total. The van der Waals surface area contributed by atoms with Gasteiger partial charge in [0.1, 0.15) is 0 Å². The van der Waals surface area contributed by atoms with E-state index in [1.807, 2.05) is 6.92 Å². The van der Waals surface area contributed by atoms with Gasteiger partial charge >= 0.3 is 5.97 Å². The van der Waals surface area contributed by atoms with Gasteiger partial charge in [0, 0.05) is 12.8 Å². The summed E-state index contributed by atoms with van der Waals surface area (Å²) >= 11 is 0. The lowest BCUT2D eigenvalue weighted by Gasteiger charge is -2.46. The maximum atomic E-state index is 11.9. The molecule has 3 fully saturated rings. The Hall–Kier alpha value is -0.956. The van der Waals surface area contributed by atoms with E-state index in [9.17, 15) is 4.79 Å². The van der Waals surface area contributed by atoms with Crippen LogP contribution in [-0.4, -0.2) is 41.4 Å². The lowest BCUT2D eigenvalue weighted by Crippen LogP contribution is -2.49. The predicted octanol–water partition coefficient (Wildman–Crippen LogP) is 11.6. The Labute approximate surface area is 280 Å². The van der Waals surface area contributed by atoms with Crippen molar-refractivity contribution in [2.45, 2.75) is 175 Å². The van der Waals surface area contributed by atoms with Crippen molar-refractivity contribution in [2.24, 2.45) is 23.2 Å². The van der Waals surface area contributed by atoms with Crippen LogP contribution in [0.3, 0.4) is 0 Å². The van der Waals surface area contributed by atoms with Crippen LogP contribution >= 0.6 is 0 Å². The van der Waals surface area contributed by atoms with E-state index in [1.54, 1.807) is 5.57 Å². The number of allylic oxidation sites excluding steroid dienone is 3. The molecule has 0 aromatic carbocycles. The van der Waals surface area contributed by atoms with E-state index in [2.05, 4.69) is 100 Å². The Kier molecular flexibility index (Phi) is 12.5. The summed E-state index contributed by atoms with van der Waals surface area (Å²) in [7, 11) is -3.92. The van der Waals surface area contributed by atoms with Gasteiger partial charge in [-0.3, -0.25) is 4.79 Å². The standard InChI is InChI=1S/C39H70O4Si2/c1-15-41-36(40)20-16-18-28(2)33-23-24-34-30(19-17-25-39(33,34)10)21-22-31-26-32(42-44(11,12)37(4,5)6)27-35(29(31)3)43-45(13,14)38(7,8)9/h21-22,28,32-35H,3,15-20,23-27H2,1-2,4-14H3. The van der Waals surface area contributed by atoms with Gasteiger partial charge in [-0.2, -0.15) is 0 Å². The molecule has 0 N–H and O–H groups in total. The third-order valence-corrected chi connectivity index (χ3v) is 21.8. The smallest absolute Gasteiger partial charge is 0.305 e. The van der Waals surface area contributed by atoms with Crippen molar-refractivity contribution in [3.05, 3.63) is 35.5 Å². The number of carbonyl (C=O) groups is 1. The SMILES string of the molecule is C=C1C(=CC=C2CCCC3(C)C2CCC3C(C)CCCC(=O)OCC)CC(O[Si](C)(C)C(C)(C)C)CC1O[Si](C)(C)C(C)(C)C. The van der Waals surface area contributed by atoms with E-state index < -0.39 is 16.6 Å². The van der Waals surface area contributed by atoms with Crippen LogP contribution in [0.5, 0.6) is 0 Å². The topological polar surface area (TPSA) is 44.8 Å². The number of hydrogen-bond donors (Lipinski definition) is 0. The minimum absolute atomic E-state index is 0.0157. The first-order chi connectivity index (χ1) is 20.6. The first-order valence-electron chi connectivity index (χ1n) is 18.2. The largest absolute Gasteiger partial charge is 0.466 e. The van der Waals surface area contributed by atoms with Crippen LogP contribution in [0, 0.1) is 23.2 Å². The maximum absolute atomic E-state index is 11.9. The lowest BCUT2D eigenvalue weighted by atomic mass is 9.60. The third kappa shape index (κ3) is 9.15. The van der Waals surface area contributed by atoms with E-state index in [0.29, 0.717) is 30.3 Å². The fourth-order valence-electron chi connectivity index (χ4n) is 7.98. The average Bonchev–Trinajstić information content (AvgIpc) is 3.25. The van der Waals surface area contributed by atoms with Crippen LogP contribution in [0.4, 0.5) is 0 Å². The molecule has 0 heterocycles. The van der Waals surface area contributed by atoms with E-state index >= 15 is 0 Å². The van der Waals surface area contributed by atoms with Crippen molar-refractivity contribution < 1.29 is 18.4 Å². The first kappa shape index (κ1) is 38.5. The van der Waals surface area contributed by atoms with Crippen LogP contribution in [-0.2, 0) is 18.4 Å². The summed E-state index contributed by atoms with van der Waals surface area (Å²) in [4.78, 5) is 11.9. The first-order valence-corrected chi connectivity index (χ1v) is 24.0. The molecule has 0 aliphatic heterocycles. The molecule has 45 heavy (non-hydrogen) atoms. The Bertz CT molecular complexity index is 1110. The molecule has 3 saturated carbocycles. The molecule has 6 unspecified atom stereocenters. The van der Waals surface area contributed by atoms with Gasteiger partial charge in [-0.15, -0.1) is 0 Å². The molecule has 3 aliphatic carbocycles. The maximum Gasteiger partial charge on any atom is 0.305 e. The van der Waals surface area contributed by atoms with E-state index in [4.69, 9.17) is 13.6 Å². The Morgan fingerprint density at radius 2 is 1.64 bits per heavy atom. The van der Waals surface area contributed by atoms with E-state index in [-0.39, 0.29) is 28.3 Å². The van der Waals surface area contributed by atoms with Crippen LogP contribution < -0.4 is 0 Å². The molecule has 0 amide bonds. The molecule has 3 rings (SSSR count). The van der Waals surface area contributed by atoms with Crippen molar-refractivity contribution in [1.29, 1.82) is 0 Å². The molecule has 0 aromatic rings. The summed E-state index contributed by atoms with van der Waals surface area (Å²) in [5.41, 5.74) is 4.48. The highest BCUT2D eigenvalue weighted by Crippen LogP contribution is 2.60. The second-order valence-corrected chi connectivity index (χ2v) is 27.5. The number of ether oxygens (including phenoxy) is 1. The molecular weight excluding hydrogens is 589 g/mol. The number of carbonyl (C=O) groups excluding carboxylic acids is 1. The highest BCUT2D eigenvalue weighted by atomic mass is 28.4. The Morgan fingerprint density at radius 1 is 1.02 bits per heavy atom. The van der Waals surface area contributed by atoms with Crippen LogP contribution in [0.25, 0.3) is 0 Å². The minimum Gasteiger partial charge on any atom is -0.466 e. The van der Waals surface area contributed by atoms with Crippen molar-refractivity contribution in [1.82, 2.24) is 0 Å². The van der Waals surface area contributed by atoms with Crippen LogP contribution in [0.15, 0.2) is 35.5 Å². The molecule has 6 atom stereocenters. The highest BCUT2D eigenvalue weighted by molar-refractivity contribution is 6.74. The van der Waals surface area contributed by atoms with Gasteiger partial charge in [0.2, 0.25) is 0 Å². The summed E-state index contributed by atoms with van der Waals surface area (Å²) in [6, 6.07) is 0. The van der Waals surface area contributed by atoms with E-state index in [1.165, 1.54) is 43.3 Å². The van der Waals surface area contributed by atoms with Crippen molar-refractivity contribution in [3.63, 3.8) is 0 Å². The zero-order chi connectivity index (χ0) is 34.0. The van der Waals surface area contributed by atoms with Gasteiger partial charge in [-0.25, -0.2) is 0 Å². The predicted molar refractivity (Wildman–Crippen MR) is 196 cm³/mol. The average molecular weight is 659 g/mol. The highest BCUT2D eigenvalue weighted by Gasteiger charge is 2.50. The molecule has 0 aromatic heterocycles. The fourth-order valence-corrected chi connectivity index (χ4v) is 10.7. The van der Waals surface area contributed by atoms with Gasteiger partial charge in [0.25, 0.3) is 0 Å². The molecule has 0 saturated heterocycles. The molecule has 0 spiro atoms. The molecule has 6 heteroatoms. The number of rotatable bonds is 11. The van der Waals surface area contributed by atoms with Gasteiger partial charge in [0.15, 0.2) is 16.6 Å².